The van der Waals surface area contributed by atoms with Gasteiger partial charge in [0.1, 0.15) is 0 Å². The fourth-order valence-electron chi connectivity index (χ4n) is 2.34. The van der Waals surface area contributed by atoms with Crippen LogP contribution in [0, 0.1) is 11.8 Å². The van der Waals surface area contributed by atoms with E-state index in [0.717, 1.165) is 5.92 Å². The van der Waals surface area contributed by atoms with Gasteiger partial charge in [0.25, 0.3) is 0 Å². The van der Waals surface area contributed by atoms with Crippen molar-refractivity contribution in [3.05, 3.63) is 12.2 Å². The van der Waals surface area contributed by atoms with E-state index in [4.69, 9.17) is 0 Å². The van der Waals surface area contributed by atoms with Gasteiger partial charge in [-0.2, -0.15) is 0 Å². The molecule has 0 aromatic heterocycles. The van der Waals surface area contributed by atoms with E-state index in [9.17, 15) is 5.11 Å². The van der Waals surface area contributed by atoms with Crippen LogP contribution in [0.25, 0.3) is 0 Å². The molecule has 0 radical (unpaired) electrons. The summed E-state index contributed by atoms with van der Waals surface area (Å²) in [5.74, 6) is 1.41. The Hall–Kier alpha value is -0.300. The number of allylic oxidation sites excluding steroid dienone is 1. The van der Waals surface area contributed by atoms with Gasteiger partial charge in [-0.25, -0.2) is 0 Å². The van der Waals surface area contributed by atoms with E-state index >= 15 is 0 Å². The third kappa shape index (κ3) is 0.891. The first-order valence-electron chi connectivity index (χ1n) is 4.22. The SMILES string of the molecule is O[C@H]1C=CC[C@H]2CCC[C@@H]21. The first kappa shape index (κ1) is 6.41. The molecule has 2 rings (SSSR count). The van der Waals surface area contributed by atoms with E-state index in [2.05, 4.69) is 6.08 Å². The van der Waals surface area contributed by atoms with Crippen molar-refractivity contribution >= 4 is 0 Å². The van der Waals surface area contributed by atoms with Crippen molar-refractivity contribution in [2.75, 3.05) is 0 Å². The van der Waals surface area contributed by atoms with Crippen molar-refractivity contribution in [3.8, 4) is 0 Å². The summed E-state index contributed by atoms with van der Waals surface area (Å²) in [7, 11) is 0. The molecule has 0 unspecified atom stereocenters. The fourth-order valence-corrected chi connectivity index (χ4v) is 2.34. The van der Waals surface area contributed by atoms with Crippen LogP contribution in [0.4, 0.5) is 0 Å². The number of hydrogen-bond donors (Lipinski definition) is 1. The molecule has 0 amide bonds. The zero-order chi connectivity index (χ0) is 6.97. The van der Waals surface area contributed by atoms with E-state index in [1.807, 2.05) is 6.08 Å². The zero-order valence-corrected chi connectivity index (χ0v) is 6.16. The molecule has 0 bridgehead atoms. The van der Waals surface area contributed by atoms with Gasteiger partial charge in [0.05, 0.1) is 6.10 Å². The molecule has 3 atom stereocenters. The number of aliphatic hydroxyl groups excluding tert-OH is 1. The Kier molecular flexibility index (Phi) is 1.53. The number of aliphatic hydroxyl groups is 1. The molecule has 1 heteroatoms. The van der Waals surface area contributed by atoms with Crippen molar-refractivity contribution in [3.63, 3.8) is 0 Å². The van der Waals surface area contributed by atoms with E-state index in [0.29, 0.717) is 5.92 Å². The molecule has 0 saturated heterocycles. The molecule has 2 aliphatic carbocycles. The lowest BCUT2D eigenvalue weighted by Crippen LogP contribution is -2.24. The van der Waals surface area contributed by atoms with Crippen molar-refractivity contribution in [1.29, 1.82) is 0 Å². The summed E-state index contributed by atoms with van der Waals surface area (Å²) in [5, 5.41) is 9.49. The minimum atomic E-state index is -0.124. The smallest absolute Gasteiger partial charge is 0.0751 e. The molecular formula is C9H14O. The monoisotopic (exact) mass is 138 g/mol. The highest BCUT2D eigenvalue weighted by Gasteiger charge is 2.32. The average molecular weight is 138 g/mol. The molecule has 0 spiro atoms. The van der Waals surface area contributed by atoms with Crippen LogP contribution in [0.2, 0.25) is 0 Å². The summed E-state index contributed by atoms with van der Waals surface area (Å²) in [5.41, 5.74) is 0. The van der Waals surface area contributed by atoms with E-state index in [1.54, 1.807) is 0 Å². The summed E-state index contributed by atoms with van der Waals surface area (Å²) >= 11 is 0. The molecule has 1 N–H and O–H groups in total. The van der Waals surface area contributed by atoms with Crippen LogP contribution in [0.3, 0.4) is 0 Å². The van der Waals surface area contributed by atoms with Gasteiger partial charge in [0.15, 0.2) is 0 Å². The number of hydrogen-bond acceptors (Lipinski definition) is 1. The zero-order valence-electron chi connectivity index (χ0n) is 6.16. The second-order valence-electron chi connectivity index (χ2n) is 3.51. The lowest BCUT2D eigenvalue weighted by molar-refractivity contribution is 0.119. The highest BCUT2D eigenvalue weighted by Crippen LogP contribution is 2.39. The Morgan fingerprint density at radius 2 is 2.20 bits per heavy atom. The second kappa shape index (κ2) is 2.39. The Labute approximate surface area is 61.8 Å². The van der Waals surface area contributed by atoms with Gasteiger partial charge in [-0.05, 0) is 31.1 Å². The van der Waals surface area contributed by atoms with Crippen LogP contribution in [-0.4, -0.2) is 11.2 Å². The lowest BCUT2D eigenvalue weighted by Gasteiger charge is -2.25. The molecule has 56 valence electrons. The minimum Gasteiger partial charge on any atom is -0.389 e. The molecule has 0 aliphatic heterocycles. The van der Waals surface area contributed by atoms with Crippen LogP contribution >= 0.6 is 0 Å². The normalized spacial score (nSPS) is 45.5. The Bertz CT molecular complexity index is 151. The van der Waals surface area contributed by atoms with Gasteiger partial charge >= 0.3 is 0 Å². The van der Waals surface area contributed by atoms with Gasteiger partial charge in [-0.3, -0.25) is 0 Å². The summed E-state index contributed by atoms with van der Waals surface area (Å²) in [6, 6.07) is 0. The maximum atomic E-state index is 9.49. The molecule has 0 aromatic rings. The Morgan fingerprint density at radius 3 is 3.00 bits per heavy atom. The molecule has 10 heavy (non-hydrogen) atoms. The van der Waals surface area contributed by atoms with Gasteiger partial charge in [0.2, 0.25) is 0 Å². The fraction of sp³-hybridized carbons (Fsp3) is 0.778. The molecule has 0 heterocycles. The quantitative estimate of drug-likeness (QED) is 0.505. The molecule has 1 saturated carbocycles. The first-order valence-corrected chi connectivity index (χ1v) is 4.22. The summed E-state index contributed by atoms with van der Waals surface area (Å²) in [4.78, 5) is 0. The van der Waals surface area contributed by atoms with E-state index in [-0.39, 0.29) is 6.10 Å². The number of fused-ring (bicyclic) bond motifs is 1. The van der Waals surface area contributed by atoms with Crippen LogP contribution in [-0.2, 0) is 0 Å². The maximum absolute atomic E-state index is 9.49. The second-order valence-corrected chi connectivity index (χ2v) is 3.51. The van der Waals surface area contributed by atoms with Gasteiger partial charge < -0.3 is 5.11 Å². The topological polar surface area (TPSA) is 20.2 Å². The van der Waals surface area contributed by atoms with Crippen LogP contribution in [0.15, 0.2) is 12.2 Å². The summed E-state index contributed by atoms with van der Waals surface area (Å²) in [6.07, 6.45) is 9.10. The van der Waals surface area contributed by atoms with E-state index in [1.165, 1.54) is 25.7 Å². The third-order valence-corrected chi connectivity index (χ3v) is 2.93. The largest absolute Gasteiger partial charge is 0.389 e. The maximum Gasteiger partial charge on any atom is 0.0751 e. The molecule has 1 nitrogen and oxygen atoms in total. The first-order chi connectivity index (χ1) is 4.88. The van der Waals surface area contributed by atoms with Gasteiger partial charge in [-0.15, -0.1) is 0 Å². The highest BCUT2D eigenvalue weighted by atomic mass is 16.3. The van der Waals surface area contributed by atoms with Crippen LogP contribution < -0.4 is 0 Å². The van der Waals surface area contributed by atoms with E-state index < -0.39 is 0 Å². The van der Waals surface area contributed by atoms with Gasteiger partial charge in [-0.1, -0.05) is 18.6 Å². The standard InChI is InChI=1S/C9H14O/c10-9-6-2-4-7-3-1-5-8(7)9/h2,6-10H,1,3-5H2/t7-,8+,9+/m1/s1. The Balaban J connectivity index is 2.13. The van der Waals surface area contributed by atoms with Gasteiger partial charge in [0, 0.05) is 0 Å². The van der Waals surface area contributed by atoms with Crippen LogP contribution in [0.5, 0.6) is 0 Å². The molecule has 2 aliphatic rings. The van der Waals surface area contributed by atoms with Crippen molar-refractivity contribution in [1.82, 2.24) is 0 Å². The van der Waals surface area contributed by atoms with Crippen molar-refractivity contribution in [2.45, 2.75) is 31.8 Å². The lowest BCUT2D eigenvalue weighted by atomic mass is 9.84. The predicted octanol–water partition coefficient (Wildman–Crippen LogP) is 1.72. The van der Waals surface area contributed by atoms with Crippen molar-refractivity contribution < 1.29 is 5.11 Å². The minimum absolute atomic E-state index is 0.124. The molecular weight excluding hydrogens is 124 g/mol. The molecule has 0 aromatic carbocycles. The molecule has 1 fully saturated rings. The Morgan fingerprint density at radius 1 is 1.30 bits per heavy atom. The van der Waals surface area contributed by atoms with Crippen LogP contribution in [0.1, 0.15) is 25.7 Å². The number of rotatable bonds is 0. The predicted molar refractivity (Wildman–Crippen MR) is 40.6 cm³/mol. The summed E-state index contributed by atoms with van der Waals surface area (Å²) in [6.45, 7) is 0. The highest BCUT2D eigenvalue weighted by molar-refractivity contribution is 5.02. The summed E-state index contributed by atoms with van der Waals surface area (Å²) < 4.78 is 0. The average Bonchev–Trinajstić information content (AvgIpc) is 2.36. The van der Waals surface area contributed by atoms with Crippen molar-refractivity contribution in [2.24, 2.45) is 11.8 Å². The third-order valence-electron chi connectivity index (χ3n) is 2.93.